The maximum Gasteiger partial charge on any atom is 0.417 e. The molecule has 0 saturated carbocycles. The topological polar surface area (TPSA) is 88.0 Å². The summed E-state index contributed by atoms with van der Waals surface area (Å²) in [7, 11) is -0.561. The van der Waals surface area contributed by atoms with Crippen LogP contribution in [0.1, 0.15) is 12.5 Å². The number of dihydropyridines is 1. The molecule has 0 radical (unpaired) electrons. The van der Waals surface area contributed by atoms with Crippen LogP contribution in [0.2, 0.25) is 0 Å². The Bertz CT molecular complexity index is 1270. The second-order valence-corrected chi connectivity index (χ2v) is 9.77. The van der Waals surface area contributed by atoms with E-state index in [1.165, 1.54) is 35.2 Å². The molecule has 8 nitrogen and oxygen atoms in total. The van der Waals surface area contributed by atoms with Crippen LogP contribution in [0.25, 0.3) is 0 Å². The van der Waals surface area contributed by atoms with Gasteiger partial charge < -0.3 is 14.5 Å². The second kappa shape index (κ2) is 8.18. The molecule has 12 heteroatoms. The lowest BCUT2D eigenvalue weighted by atomic mass is 10.2. The zero-order chi connectivity index (χ0) is 24.0. The van der Waals surface area contributed by atoms with Gasteiger partial charge in [-0.2, -0.15) is 13.2 Å². The molecule has 4 heterocycles. The molecule has 33 heavy (non-hydrogen) atoms. The van der Waals surface area contributed by atoms with Crippen LogP contribution in [0.4, 0.5) is 24.7 Å². The van der Waals surface area contributed by atoms with E-state index in [1.54, 1.807) is 32.3 Å². The van der Waals surface area contributed by atoms with Crippen molar-refractivity contribution in [2.75, 3.05) is 29.6 Å². The standard InChI is InChI=1S/C21H20F3N5O3S/c1-4-33(30,31)16-10-14(32-17-7-5-6-8-25-17)12-26-18(16)20-28(2)15-9-13(21(22,23)24)11-27-19(15)29(20)3/h5-12,16H,4H2,1-3H3. The van der Waals surface area contributed by atoms with Crippen molar-refractivity contribution in [2.24, 2.45) is 4.99 Å². The van der Waals surface area contributed by atoms with E-state index >= 15 is 0 Å². The van der Waals surface area contributed by atoms with Crippen LogP contribution >= 0.6 is 0 Å². The molecule has 4 rings (SSSR count). The molecule has 0 amide bonds. The number of aromatic nitrogens is 2. The first-order valence-corrected chi connectivity index (χ1v) is 11.6. The number of sulfone groups is 1. The van der Waals surface area contributed by atoms with Gasteiger partial charge in [-0.05, 0) is 18.2 Å². The second-order valence-electron chi connectivity index (χ2n) is 7.36. The number of aliphatic imine (C=N–C) groups is 1. The molecule has 1 unspecified atom stereocenters. The van der Waals surface area contributed by atoms with Gasteiger partial charge in [0.1, 0.15) is 22.5 Å². The van der Waals surface area contributed by atoms with Crippen LogP contribution < -0.4 is 14.5 Å². The Balaban J connectivity index is 1.79. The monoisotopic (exact) mass is 479 g/mol. The number of halogens is 3. The lowest BCUT2D eigenvalue weighted by Crippen LogP contribution is -2.33. The average Bonchev–Trinajstić information content (AvgIpc) is 3.03. The maximum atomic E-state index is 13.2. The molecule has 2 aromatic rings. The number of allylic oxidation sites excluding steroid dienone is 1. The number of hydrogen-bond donors (Lipinski definition) is 0. The minimum absolute atomic E-state index is 0.154. The number of pyridine rings is 2. The summed E-state index contributed by atoms with van der Waals surface area (Å²) < 4.78 is 71.2. The van der Waals surface area contributed by atoms with E-state index in [-0.39, 0.29) is 34.6 Å². The summed E-state index contributed by atoms with van der Waals surface area (Å²) >= 11 is 0. The summed E-state index contributed by atoms with van der Waals surface area (Å²) in [5.41, 5.74) is -0.553. The molecule has 2 aromatic heterocycles. The zero-order valence-corrected chi connectivity index (χ0v) is 18.7. The fourth-order valence-electron chi connectivity index (χ4n) is 3.59. The molecule has 0 N–H and O–H groups in total. The van der Waals surface area contributed by atoms with E-state index in [4.69, 9.17) is 4.74 Å². The Kier molecular flexibility index (Phi) is 5.64. The SMILES string of the molecule is CCS(=O)(=O)C1C=C(Oc2ccccn2)C=NC1=C1N(C)c2cc(C(F)(F)F)cnc2N1C. The summed E-state index contributed by atoms with van der Waals surface area (Å²) in [6.07, 6.45) is 0.500. The van der Waals surface area contributed by atoms with Gasteiger partial charge in [0.15, 0.2) is 15.7 Å². The van der Waals surface area contributed by atoms with Crippen LogP contribution in [0.5, 0.6) is 5.88 Å². The third kappa shape index (κ3) is 4.17. The van der Waals surface area contributed by atoms with Gasteiger partial charge in [0.25, 0.3) is 0 Å². The normalized spacial score (nSPS) is 20.7. The lowest BCUT2D eigenvalue weighted by molar-refractivity contribution is -0.137. The van der Waals surface area contributed by atoms with Gasteiger partial charge in [0.05, 0.1) is 17.5 Å². The predicted molar refractivity (Wildman–Crippen MR) is 118 cm³/mol. The van der Waals surface area contributed by atoms with Crippen LogP contribution in [0, 0.1) is 0 Å². The minimum Gasteiger partial charge on any atom is -0.438 e. The third-order valence-corrected chi connectivity index (χ3v) is 7.22. The predicted octanol–water partition coefficient (Wildman–Crippen LogP) is 3.40. The number of rotatable bonds is 4. The van der Waals surface area contributed by atoms with Gasteiger partial charge in [0, 0.05) is 38.3 Å². The number of nitrogens with zero attached hydrogens (tertiary/aromatic N) is 5. The van der Waals surface area contributed by atoms with Crippen molar-refractivity contribution in [3.63, 3.8) is 0 Å². The average molecular weight is 479 g/mol. The molecular weight excluding hydrogens is 459 g/mol. The highest BCUT2D eigenvalue weighted by molar-refractivity contribution is 7.92. The largest absolute Gasteiger partial charge is 0.438 e. The Morgan fingerprint density at radius 1 is 1.15 bits per heavy atom. The Labute approximate surface area is 188 Å². The first-order chi connectivity index (χ1) is 15.5. The van der Waals surface area contributed by atoms with E-state index in [0.29, 0.717) is 5.82 Å². The highest BCUT2D eigenvalue weighted by atomic mass is 32.2. The lowest BCUT2D eigenvalue weighted by Gasteiger charge is -2.26. The van der Waals surface area contributed by atoms with Crippen LogP contribution in [-0.4, -0.2) is 49.7 Å². The highest BCUT2D eigenvalue weighted by Gasteiger charge is 2.40. The molecule has 0 fully saturated rings. The van der Waals surface area contributed by atoms with E-state index in [1.807, 2.05) is 0 Å². The molecule has 174 valence electrons. The maximum absolute atomic E-state index is 13.2. The quantitative estimate of drug-likeness (QED) is 0.664. The number of fused-ring (bicyclic) bond motifs is 1. The Morgan fingerprint density at radius 3 is 2.55 bits per heavy atom. The van der Waals surface area contributed by atoms with Gasteiger partial charge in [0.2, 0.25) is 5.88 Å². The first kappa shape index (κ1) is 22.8. The van der Waals surface area contributed by atoms with E-state index < -0.39 is 26.8 Å². The summed E-state index contributed by atoms with van der Waals surface area (Å²) in [4.78, 5) is 15.4. The molecular formula is C21H20F3N5O3S. The van der Waals surface area contributed by atoms with Gasteiger partial charge in [-0.1, -0.05) is 13.0 Å². The van der Waals surface area contributed by atoms with E-state index in [2.05, 4.69) is 15.0 Å². The zero-order valence-electron chi connectivity index (χ0n) is 17.9. The summed E-state index contributed by atoms with van der Waals surface area (Å²) in [5.74, 6) is 0.857. The van der Waals surface area contributed by atoms with Crippen LogP contribution in [0.3, 0.4) is 0 Å². The van der Waals surface area contributed by atoms with Crippen molar-refractivity contribution in [3.8, 4) is 5.88 Å². The number of anilines is 2. The van der Waals surface area contributed by atoms with Crippen LogP contribution in [-0.2, 0) is 16.0 Å². The van der Waals surface area contributed by atoms with Crippen molar-refractivity contribution in [1.29, 1.82) is 0 Å². The highest BCUT2D eigenvalue weighted by Crippen LogP contribution is 2.43. The van der Waals surface area contributed by atoms with Crippen LogP contribution in [0.15, 0.2) is 65.0 Å². The molecule has 0 aliphatic carbocycles. The van der Waals surface area contributed by atoms with E-state index in [9.17, 15) is 21.6 Å². The minimum atomic E-state index is -4.56. The first-order valence-electron chi connectivity index (χ1n) is 9.88. The summed E-state index contributed by atoms with van der Waals surface area (Å²) in [5, 5.41) is -1.18. The van der Waals surface area contributed by atoms with E-state index in [0.717, 1.165) is 12.3 Å². The fourth-order valence-corrected chi connectivity index (χ4v) is 4.80. The number of alkyl halides is 3. The summed E-state index contributed by atoms with van der Waals surface area (Å²) in [6.45, 7) is 1.51. The van der Waals surface area contributed by atoms with Crippen molar-refractivity contribution in [3.05, 3.63) is 65.6 Å². The van der Waals surface area contributed by atoms with Gasteiger partial charge >= 0.3 is 6.18 Å². The van der Waals surface area contributed by atoms with Crippen molar-refractivity contribution >= 4 is 27.6 Å². The smallest absolute Gasteiger partial charge is 0.417 e. The summed E-state index contributed by atoms with van der Waals surface area (Å²) in [6, 6.07) is 6.03. The molecule has 0 aromatic carbocycles. The van der Waals surface area contributed by atoms with Gasteiger partial charge in [-0.15, -0.1) is 0 Å². The number of ether oxygens (including phenoxy) is 1. The van der Waals surface area contributed by atoms with Gasteiger partial charge in [-0.3, -0.25) is 4.99 Å². The van der Waals surface area contributed by atoms with Crippen molar-refractivity contribution < 1.29 is 26.3 Å². The molecule has 1 atom stereocenters. The Morgan fingerprint density at radius 2 is 1.91 bits per heavy atom. The Hall–Kier alpha value is -3.41. The molecule has 2 aliphatic heterocycles. The fraction of sp³-hybridized carbons (Fsp3) is 0.286. The molecule has 0 bridgehead atoms. The molecule has 0 saturated heterocycles. The number of hydrogen-bond acceptors (Lipinski definition) is 8. The van der Waals surface area contributed by atoms with Crippen molar-refractivity contribution in [1.82, 2.24) is 9.97 Å². The molecule has 0 spiro atoms. The van der Waals surface area contributed by atoms with Gasteiger partial charge in [-0.25, -0.2) is 18.4 Å². The third-order valence-electron chi connectivity index (χ3n) is 5.28. The van der Waals surface area contributed by atoms with Crippen molar-refractivity contribution in [2.45, 2.75) is 18.3 Å². The molecule has 2 aliphatic rings.